The molecule has 0 radical (unpaired) electrons. The summed E-state index contributed by atoms with van der Waals surface area (Å²) >= 11 is 0. The van der Waals surface area contributed by atoms with Crippen molar-refractivity contribution in [3.63, 3.8) is 0 Å². The molecule has 1 aromatic rings. The molecular formula is C12H17NO. The van der Waals surface area contributed by atoms with Crippen molar-refractivity contribution in [3.05, 3.63) is 34.4 Å². The quantitative estimate of drug-likeness (QED) is 0.736. The zero-order valence-electron chi connectivity index (χ0n) is 9.05. The van der Waals surface area contributed by atoms with Crippen LogP contribution in [0.4, 0.5) is 0 Å². The second-order valence-electron chi connectivity index (χ2n) is 3.61. The molecule has 1 rings (SSSR count). The first-order valence-corrected chi connectivity index (χ1v) is 4.89. The lowest BCUT2D eigenvalue weighted by Gasteiger charge is -2.08. The van der Waals surface area contributed by atoms with Crippen molar-refractivity contribution >= 4 is 6.29 Å². The standard InChI is InChI=1S/C12H17NO/c1-9-6-11(4-5-13-3)12(8-14)7-10(9)2/h6-8,13H,4-5H2,1-3H3. The number of carbonyl (C=O) groups excluding carboxylic acids is 1. The Labute approximate surface area is 85.3 Å². The lowest BCUT2D eigenvalue weighted by Crippen LogP contribution is -2.11. The smallest absolute Gasteiger partial charge is 0.150 e. The van der Waals surface area contributed by atoms with Crippen molar-refractivity contribution in [3.8, 4) is 0 Å². The summed E-state index contributed by atoms with van der Waals surface area (Å²) < 4.78 is 0. The monoisotopic (exact) mass is 191 g/mol. The molecule has 0 fully saturated rings. The fourth-order valence-electron chi connectivity index (χ4n) is 1.48. The first kappa shape index (κ1) is 10.9. The summed E-state index contributed by atoms with van der Waals surface area (Å²) in [6.07, 6.45) is 1.85. The normalized spacial score (nSPS) is 10.2. The topological polar surface area (TPSA) is 29.1 Å². The van der Waals surface area contributed by atoms with Crippen molar-refractivity contribution in [1.29, 1.82) is 0 Å². The lowest BCUT2D eigenvalue weighted by atomic mass is 9.98. The molecule has 0 amide bonds. The summed E-state index contributed by atoms with van der Waals surface area (Å²) in [4.78, 5) is 10.8. The number of benzene rings is 1. The van der Waals surface area contributed by atoms with Crippen molar-refractivity contribution in [1.82, 2.24) is 5.32 Å². The Bertz CT molecular complexity index is 331. The minimum atomic E-state index is 0.823. The van der Waals surface area contributed by atoms with Crippen molar-refractivity contribution in [2.24, 2.45) is 0 Å². The molecule has 2 heteroatoms. The third-order valence-electron chi connectivity index (χ3n) is 2.53. The highest BCUT2D eigenvalue weighted by Crippen LogP contribution is 2.14. The van der Waals surface area contributed by atoms with Gasteiger partial charge in [0.2, 0.25) is 0 Å². The predicted molar refractivity (Wildman–Crippen MR) is 58.9 cm³/mol. The third kappa shape index (κ3) is 2.42. The van der Waals surface area contributed by atoms with E-state index in [4.69, 9.17) is 0 Å². The van der Waals surface area contributed by atoms with Gasteiger partial charge < -0.3 is 5.32 Å². The summed E-state index contributed by atoms with van der Waals surface area (Å²) in [5.74, 6) is 0. The molecule has 0 bridgehead atoms. The van der Waals surface area contributed by atoms with Crippen molar-refractivity contribution < 1.29 is 4.79 Å². The van der Waals surface area contributed by atoms with Gasteiger partial charge in [-0.05, 0) is 56.6 Å². The Balaban J connectivity index is 3.00. The Hall–Kier alpha value is -1.15. The molecule has 14 heavy (non-hydrogen) atoms. The molecule has 76 valence electrons. The number of nitrogens with one attached hydrogen (secondary N) is 1. The zero-order chi connectivity index (χ0) is 10.6. The van der Waals surface area contributed by atoms with Crippen molar-refractivity contribution in [2.75, 3.05) is 13.6 Å². The molecule has 0 spiro atoms. The SMILES string of the molecule is CNCCc1cc(C)c(C)cc1C=O. The first-order chi connectivity index (χ1) is 6.69. The van der Waals surface area contributed by atoms with Gasteiger partial charge in [-0.3, -0.25) is 4.79 Å². The Morgan fingerprint density at radius 2 is 1.93 bits per heavy atom. The first-order valence-electron chi connectivity index (χ1n) is 4.89. The van der Waals surface area contributed by atoms with Crippen LogP contribution in [0.1, 0.15) is 27.0 Å². The molecule has 0 heterocycles. The van der Waals surface area contributed by atoms with Crippen LogP contribution in [0.3, 0.4) is 0 Å². The Morgan fingerprint density at radius 1 is 1.29 bits per heavy atom. The molecule has 0 aliphatic carbocycles. The zero-order valence-corrected chi connectivity index (χ0v) is 9.05. The maximum absolute atomic E-state index is 10.8. The van der Waals surface area contributed by atoms with E-state index in [0.717, 1.165) is 30.4 Å². The maximum Gasteiger partial charge on any atom is 0.150 e. The van der Waals surface area contributed by atoms with Gasteiger partial charge in [0.15, 0.2) is 0 Å². The second kappa shape index (κ2) is 4.91. The number of carbonyl (C=O) groups is 1. The Kier molecular flexibility index (Phi) is 3.84. The fraction of sp³-hybridized carbons (Fsp3) is 0.417. The molecule has 0 saturated carbocycles. The van der Waals surface area contributed by atoms with E-state index in [1.807, 2.05) is 20.0 Å². The second-order valence-corrected chi connectivity index (χ2v) is 3.61. The summed E-state index contributed by atoms with van der Waals surface area (Å²) in [6.45, 7) is 5.01. The van der Waals surface area contributed by atoms with Gasteiger partial charge in [0.25, 0.3) is 0 Å². The van der Waals surface area contributed by atoms with Crippen molar-refractivity contribution in [2.45, 2.75) is 20.3 Å². The minimum Gasteiger partial charge on any atom is -0.319 e. The predicted octanol–water partition coefficient (Wildman–Crippen LogP) is 1.88. The van der Waals surface area contributed by atoms with Gasteiger partial charge in [-0.25, -0.2) is 0 Å². The number of aldehydes is 1. The molecule has 0 aromatic heterocycles. The van der Waals surface area contributed by atoms with E-state index < -0.39 is 0 Å². The largest absolute Gasteiger partial charge is 0.319 e. The third-order valence-corrected chi connectivity index (χ3v) is 2.53. The van der Waals surface area contributed by atoms with Gasteiger partial charge in [0.05, 0.1) is 0 Å². The molecule has 1 aromatic carbocycles. The highest BCUT2D eigenvalue weighted by Gasteiger charge is 2.03. The van der Waals surface area contributed by atoms with Crippen LogP contribution < -0.4 is 5.32 Å². The van der Waals surface area contributed by atoms with Crippen LogP contribution in [0.2, 0.25) is 0 Å². The summed E-state index contributed by atoms with van der Waals surface area (Å²) in [7, 11) is 1.92. The van der Waals surface area contributed by atoms with E-state index in [1.165, 1.54) is 11.1 Å². The molecule has 1 N–H and O–H groups in total. The molecule has 0 saturated heterocycles. The van der Waals surface area contributed by atoms with Crippen LogP contribution in [0, 0.1) is 13.8 Å². The van der Waals surface area contributed by atoms with Gasteiger partial charge in [-0.2, -0.15) is 0 Å². The molecule has 0 atom stereocenters. The van der Waals surface area contributed by atoms with Crippen LogP contribution in [0.25, 0.3) is 0 Å². The van der Waals surface area contributed by atoms with E-state index in [2.05, 4.69) is 18.3 Å². The molecular weight excluding hydrogens is 174 g/mol. The minimum absolute atomic E-state index is 0.823. The maximum atomic E-state index is 10.8. The average molecular weight is 191 g/mol. The van der Waals surface area contributed by atoms with E-state index in [9.17, 15) is 4.79 Å². The van der Waals surface area contributed by atoms with Gasteiger partial charge >= 0.3 is 0 Å². The summed E-state index contributed by atoms with van der Waals surface area (Å²) in [6, 6.07) is 4.07. The summed E-state index contributed by atoms with van der Waals surface area (Å²) in [5, 5.41) is 3.09. The van der Waals surface area contributed by atoms with E-state index in [0.29, 0.717) is 0 Å². The number of aryl methyl sites for hydroxylation is 2. The lowest BCUT2D eigenvalue weighted by molar-refractivity contribution is 0.112. The van der Waals surface area contributed by atoms with Crippen LogP contribution in [0.5, 0.6) is 0 Å². The number of hydrogen-bond donors (Lipinski definition) is 1. The number of rotatable bonds is 4. The number of likely N-dealkylation sites (N-methyl/N-ethyl adjacent to an activating group) is 1. The fourth-order valence-corrected chi connectivity index (χ4v) is 1.48. The van der Waals surface area contributed by atoms with Crippen LogP contribution >= 0.6 is 0 Å². The van der Waals surface area contributed by atoms with E-state index in [-0.39, 0.29) is 0 Å². The van der Waals surface area contributed by atoms with E-state index >= 15 is 0 Å². The van der Waals surface area contributed by atoms with Crippen LogP contribution in [-0.4, -0.2) is 19.9 Å². The molecule has 2 nitrogen and oxygen atoms in total. The Morgan fingerprint density at radius 3 is 2.50 bits per heavy atom. The van der Waals surface area contributed by atoms with Gasteiger partial charge in [-0.1, -0.05) is 6.07 Å². The van der Waals surface area contributed by atoms with Gasteiger partial charge in [0.1, 0.15) is 6.29 Å². The van der Waals surface area contributed by atoms with Crippen LogP contribution in [-0.2, 0) is 6.42 Å². The number of hydrogen-bond acceptors (Lipinski definition) is 2. The molecule has 0 aliphatic rings. The van der Waals surface area contributed by atoms with E-state index in [1.54, 1.807) is 0 Å². The highest BCUT2D eigenvalue weighted by molar-refractivity contribution is 5.78. The molecule has 0 unspecified atom stereocenters. The summed E-state index contributed by atoms with van der Waals surface area (Å²) in [5.41, 5.74) is 4.39. The van der Waals surface area contributed by atoms with Gasteiger partial charge in [-0.15, -0.1) is 0 Å². The average Bonchev–Trinajstić information content (AvgIpc) is 2.19. The highest BCUT2D eigenvalue weighted by atomic mass is 16.1. The van der Waals surface area contributed by atoms with Gasteiger partial charge in [0, 0.05) is 5.56 Å². The molecule has 0 aliphatic heterocycles. The van der Waals surface area contributed by atoms with Crippen LogP contribution in [0.15, 0.2) is 12.1 Å².